The number of hydrogen-bond donors (Lipinski definition) is 1. The summed E-state index contributed by atoms with van der Waals surface area (Å²) in [5, 5.41) is 4.89. The van der Waals surface area contributed by atoms with E-state index >= 15 is 0 Å². The lowest BCUT2D eigenvalue weighted by Gasteiger charge is -2.19. The highest BCUT2D eigenvalue weighted by molar-refractivity contribution is 7.83. The quantitative estimate of drug-likeness (QED) is 0.526. The average molecular weight is 469 g/mol. The van der Waals surface area contributed by atoms with Gasteiger partial charge in [0.05, 0.1) is 22.7 Å². The summed E-state index contributed by atoms with van der Waals surface area (Å²) in [5.41, 5.74) is 2.72. The first-order chi connectivity index (χ1) is 15.0. The van der Waals surface area contributed by atoms with Gasteiger partial charge in [-0.1, -0.05) is 20.8 Å². The normalized spacial score (nSPS) is 15.2. The first kappa shape index (κ1) is 24.5. The molecule has 176 valence electrons. The summed E-state index contributed by atoms with van der Waals surface area (Å²) in [5.74, 6) is -0.231. The molecule has 1 aliphatic rings. The molecule has 1 aliphatic carbocycles. The third kappa shape index (κ3) is 6.22. The highest BCUT2D eigenvalue weighted by Crippen LogP contribution is 2.28. The Morgan fingerprint density at radius 1 is 1.28 bits per heavy atom. The SMILES string of the molecule is CC(C)(C)Cn1cc(CNS(=O)C2CC2)c2cc(F)ccc21.Cc1c(C(F)F)cnn1C. The van der Waals surface area contributed by atoms with E-state index in [9.17, 15) is 17.4 Å². The van der Waals surface area contributed by atoms with E-state index < -0.39 is 17.4 Å². The van der Waals surface area contributed by atoms with Crippen LogP contribution in [0.3, 0.4) is 0 Å². The molecule has 5 nitrogen and oxygen atoms in total. The fourth-order valence-electron chi connectivity index (χ4n) is 3.40. The molecule has 1 atom stereocenters. The Bertz CT molecular complexity index is 1100. The van der Waals surface area contributed by atoms with E-state index in [2.05, 4.69) is 41.4 Å². The number of aromatic nitrogens is 3. The zero-order chi connectivity index (χ0) is 23.6. The van der Waals surface area contributed by atoms with Crippen LogP contribution in [0, 0.1) is 18.2 Å². The van der Waals surface area contributed by atoms with Crippen molar-refractivity contribution in [3.63, 3.8) is 0 Å². The minimum atomic E-state index is -2.41. The maximum Gasteiger partial charge on any atom is 0.267 e. The molecule has 2 aromatic heterocycles. The zero-order valence-electron chi connectivity index (χ0n) is 19.2. The molecule has 9 heteroatoms. The average Bonchev–Trinajstić information content (AvgIpc) is 3.43. The largest absolute Gasteiger partial charge is 0.347 e. The molecule has 3 aromatic rings. The minimum absolute atomic E-state index is 0.0162. The van der Waals surface area contributed by atoms with E-state index in [4.69, 9.17) is 0 Å². The van der Waals surface area contributed by atoms with Crippen molar-refractivity contribution in [2.24, 2.45) is 12.5 Å². The molecule has 0 radical (unpaired) electrons. The zero-order valence-corrected chi connectivity index (χ0v) is 20.0. The van der Waals surface area contributed by atoms with Crippen LogP contribution in [-0.2, 0) is 31.1 Å². The fraction of sp³-hybridized carbons (Fsp3) is 0.522. The first-order valence-corrected chi connectivity index (χ1v) is 11.9. The smallest absolute Gasteiger partial charge is 0.267 e. The van der Waals surface area contributed by atoms with Crippen LogP contribution in [0.1, 0.15) is 56.9 Å². The number of benzene rings is 1. The molecule has 2 heterocycles. The second-order valence-corrected chi connectivity index (χ2v) is 11.0. The van der Waals surface area contributed by atoms with Crippen LogP contribution in [0.15, 0.2) is 30.6 Å². The van der Waals surface area contributed by atoms with Gasteiger partial charge in [0.1, 0.15) is 5.82 Å². The number of rotatable bonds is 6. The number of nitrogens with zero attached hydrogens (tertiary/aromatic N) is 3. The van der Waals surface area contributed by atoms with Gasteiger partial charge >= 0.3 is 0 Å². The van der Waals surface area contributed by atoms with E-state index in [-0.39, 0.29) is 16.8 Å². The van der Waals surface area contributed by atoms with Gasteiger partial charge in [-0.25, -0.2) is 22.1 Å². The summed E-state index contributed by atoms with van der Waals surface area (Å²) in [6.45, 7) is 9.54. The van der Waals surface area contributed by atoms with Crippen LogP contribution in [-0.4, -0.2) is 23.8 Å². The van der Waals surface area contributed by atoms with E-state index in [0.29, 0.717) is 17.5 Å². The van der Waals surface area contributed by atoms with E-state index in [1.807, 2.05) is 6.07 Å². The van der Waals surface area contributed by atoms with Crippen molar-refractivity contribution in [1.29, 1.82) is 0 Å². The van der Waals surface area contributed by atoms with Crippen LogP contribution in [0.5, 0.6) is 0 Å². The highest BCUT2D eigenvalue weighted by atomic mass is 32.2. The Balaban J connectivity index is 0.000000243. The van der Waals surface area contributed by atoms with E-state index in [1.165, 1.54) is 16.9 Å². The molecule has 0 bridgehead atoms. The van der Waals surface area contributed by atoms with Crippen LogP contribution in [0.2, 0.25) is 0 Å². The molecule has 4 rings (SSSR count). The monoisotopic (exact) mass is 468 g/mol. The molecule has 1 saturated carbocycles. The molecule has 1 aromatic carbocycles. The van der Waals surface area contributed by atoms with Crippen molar-refractivity contribution in [3.8, 4) is 0 Å². The molecule has 32 heavy (non-hydrogen) atoms. The molecule has 0 aliphatic heterocycles. The summed E-state index contributed by atoms with van der Waals surface area (Å²) in [6, 6.07) is 4.91. The summed E-state index contributed by atoms with van der Waals surface area (Å²) in [6.07, 6.45) is 2.93. The Morgan fingerprint density at radius 3 is 2.47 bits per heavy atom. The standard InChI is InChI=1S/C17H23FN2OS.C6H8F2N2/c1-17(2,3)11-20-10-12(9-19-22(21)14-5-6-14)15-8-13(18)4-7-16(15)20;1-4-5(6(7)8)3-9-10(4)2/h4,7-8,10,14,19H,5-6,9,11H2,1-3H3;3,6H,1-2H3. The molecule has 0 saturated heterocycles. The minimum Gasteiger partial charge on any atom is -0.347 e. The molecule has 1 fully saturated rings. The van der Waals surface area contributed by atoms with Crippen molar-refractivity contribution >= 4 is 21.9 Å². The number of aryl methyl sites for hydroxylation is 1. The summed E-state index contributed by atoms with van der Waals surface area (Å²) in [4.78, 5) is 0. The first-order valence-electron chi connectivity index (χ1n) is 10.6. The molecule has 0 amide bonds. The molecule has 0 spiro atoms. The topological polar surface area (TPSA) is 51.9 Å². The Kier molecular flexibility index (Phi) is 7.50. The third-order valence-electron chi connectivity index (χ3n) is 5.31. The summed E-state index contributed by atoms with van der Waals surface area (Å²) in [7, 11) is 0.668. The van der Waals surface area contributed by atoms with Crippen molar-refractivity contribution in [2.75, 3.05) is 0 Å². The predicted octanol–water partition coefficient (Wildman–Crippen LogP) is 5.41. The third-order valence-corrected chi connectivity index (χ3v) is 6.82. The van der Waals surface area contributed by atoms with Crippen molar-refractivity contribution in [1.82, 2.24) is 19.1 Å². The second kappa shape index (κ2) is 9.79. The Morgan fingerprint density at radius 2 is 1.97 bits per heavy atom. The Labute approximate surface area is 189 Å². The van der Waals surface area contributed by atoms with Gasteiger partial charge in [0.2, 0.25) is 0 Å². The summed E-state index contributed by atoms with van der Waals surface area (Å²) < 4.78 is 56.2. The second-order valence-electron chi connectivity index (χ2n) is 9.43. The maximum absolute atomic E-state index is 13.6. The van der Waals surface area contributed by atoms with E-state index in [0.717, 1.165) is 35.9 Å². The lowest BCUT2D eigenvalue weighted by Crippen LogP contribution is -2.19. The number of alkyl halides is 2. The number of hydrogen-bond acceptors (Lipinski definition) is 2. The Hall–Kier alpha value is -2.13. The van der Waals surface area contributed by atoms with Crippen molar-refractivity contribution in [2.45, 2.75) is 65.3 Å². The number of nitrogens with one attached hydrogen (secondary N) is 1. The van der Waals surface area contributed by atoms with Gasteiger partial charge in [-0.3, -0.25) is 4.68 Å². The van der Waals surface area contributed by atoms with Gasteiger partial charge < -0.3 is 4.57 Å². The number of fused-ring (bicyclic) bond motifs is 1. The lowest BCUT2D eigenvalue weighted by molar-refractivity contribution is 0.150. The van der Waals surface area contributed by atoms with Crippen molar-refractivity contribution in [3.05, 3.63) is 53.2 Å². The lowest BCUT2D eigenvalue weighted by atomic mass is 9.97. The van der Waals surface area contributed by atoms with Gasteiger partial charge in [0, 0.05) is 48.2 Å². The predicted molar refractivity (Wildman–Crippen MR) is 122 cm³/mol. The van der Waals surface area contributed by atoms with Crippen LogP contribution < -0.4 is 4.72 Å². The van der Waals surface area contributed by atoms with Gasteiger partial charge in [0.25, 0.3) is 6.43 Å². The van der Waals surface area contributed by atoms with Crippen LogP contribution in [0.25, 0.3) is 10.9 Å². The maximum atomic E-state index is 13.6. The van der Waals surface area contributed by atoms with Gasteiger partial charge in [-0.05, 0) is 48.9 Å². The molecular formula is C23H31F3N4OS. The van der Waals surface area contributed by atoms with Crippen LogP contribution in [0.4, 0.5) is 13.2 Å². The van der Waals surface area contributed by atoms with Crippen molar-refractivity contribution < 1.29 is 17.4 Å². The van der Waals surface area contributed by atoms with Gasteiger partial charge in [0.15, 0.2) is 0 Å². The molecular weight excluding hydrogens is 437 g/mol. The number of halogens is 3. The fourth-order valence-corrected chi connectivity index (χ4v) is 4.50. The molecule has 1 N–H and O–H groups in total. The summed E-state index contributed by atoms with van der Waals surface area (Å²) >= 11 is 0. The highest BCUT2D eigenvalue weighted by Gasteiger charge is 2.28. The van der Waals surface area contributed by atoms with Gasteiger partial charge in [-0.2, -0.15) is 5.10 Å². The van der Waals surface area contributed by atoms with E-state index in [1.54, 1.807) is 20.0 Å². The molecule has 1 unspecified atom stereocenters. The van der Waals surface area contributed by atoms with Gasteiger partial charge in [-0.15, -0.1) is 0 Å². The van der Waals surface area contributed by atoms with Crippen LogP contribution >= 0.6 is 0 Å².